The van der Waals surface area contributed by atoms with E-state index in [1.54, 1.807) is 31.4 Å². The monoisotopic (exact) mass is 292 g/mol. The first-order chi connectivity index (χ1) is 9.95. The van der Waals surface area contributed by atoms with E-state index in [0.29, 0.717) is 5.75 Å². The van der Waals surface area contributed by atoms with Gasteiger partial charge in [0.05, 0.1) is 21.3 Å². The smallest absolute Gasteiger partial charge is 0.323 e. The van der Waals surface area contributed by atoms with Crippen LogP contribution in [0.25, 0.3) is 0 Å². The molecule has 0 saturated carbocycles. The summed E-state index contributed by atoms with van der Waals surface area (Å²) in [7, 11) is 4.03. The maximum absolute atomic E-state index is 12.1. The molecule has 0 aliphatic rings. The standard InChI is InChI=1S/C16H20O5/c1-6-13(11-7-9-12(19-3)10-8-11)16(2,14(17)20-4)15(18)21-5/h6-10,13H,1H2,2-5H3. The van der Waals surface area contributed by atoms with Crippen LogP contribution in [-0.2, 0) is 19.1 Å². The normalized spacial score (nSPS) is 12.2. The van der Waals surface area contributed by atoms with Crippen molar-refractivity contribution in [1.29, 1.82) is 0 Å². The number of ether oxygens (including phenoxy) is 3. The van der Waals surface area contributed by atoms with E-state index in [4.69, 9.17) is 14.2 Å². The summed E-state index contributed by atoms with van der Waals surface area (Å²) < 4.78 is 14.6. The first-order valence-corrected chi connectivity index (χ1v) is 6.39. The molecule has 114 valence electrons. The molecule has 0 fully saturated rings. The Morgan fingerprint density at radius 1 is 1.10 bits per heavy atom. The van der Waals surface area contributed by atoms with Crippen molar-refractivity contribution >= 4 is 11.9 Å². The zero-order valence-electron chi connectivity index (χ0n) is 12.7. The Balaban J connectivity index is 3.33. The summed E-state index contributed by atoms with van der Waals surface area (Å²) in [5.74, 6) is -1.24. The molecule has 0 heterocycles. The Kier molecular flexibility index (Phi) is 5.52. The van der Waals surface area contributed by atoms with Gasteiger partial charge in [0, 0.05) is 5.92 Å². The van der Waals surface area contributed by atoms with Crippen LogP contribution in [0.5, 0.6) is 5.75 Å². The van der Waals surface area contributed by atoms with Crippen molar-refractivity contribution in [2.24, 2.45) is 5.41 Å². The zero-order chi connectivity index (χ0) is 16.0. The predicted molar refractivity (Wildman–Crippen MR) is 78.1 cm³/mol. The van der Waals surface area contributed by atoms with Crippen molar-refractivity contribution in [2.45, 2.75) is 12.8 Å². The lowest BCUT2D eigenvalue weighted by Crippen LogP contribution is -2.43. The molecule has 0 N–H and O–H groups in total. The number of methoxy groups -OCH3 is 3. The molecule has 0 bridgehead atoms. The largest absolute Gasteiger partial charge is 0.497 e. The number of hydrogen-bond donors (Lipinski definition) is 0. The van der Waals surface area contributed by atoms with Crippen LogP contribution >= 0.6 is 0 Å². The fourth-order valence-electron chi connectivity index (χ4n) is 2.28. The van der Waals surface area contributed by atoms with Crippen molar-refractivity contribution in [3.05, 3.63) is 42.5 Å². The van der Waals surface area contributed by atoms with Crippen molar-refractivity contribution in [3.8, 4) is 5.75 Å². The Hall–Kier alpha value is -2.30. The lowest BCUT2D eigenvalue weighted by atomic mass is 9.73. The van der Waals surface area contributed by atoms with Gasteiger partial charge in [0.15, 0.2) is 5.41 Å². The minimum Gasteiger partial charge on any atom is -0.497 e. The first-order valence-electron chi connectivity index (χ1n) is 6.39. The van der Waals surface area contributed by atoms with Crippen molar-refractivity contribution in [3.63, 3.8) is 0 Å². The quantitative estimate of drug-likeness (QED) is 0.457. The van der Waals surface area contributed by atoms with Gasteiger partial charge in [-0.05, 0) is 24.6 Å². The molecule has 0 aromatic heterocycles. The van der Waals surface area contributed by atoms with E-state index in [1.165, 1.54) is 27.2 Å². The van der Waals surface area contributed by atoms with Gasteiger partial charge in [-0.25, -0.2) is 0 Å². The summed E-state index contributed by atoms with van der Waals surface area (Å²) in [6, 6.07) is 7.05. The SMILES string of the molecule is C=CC(c1ccc(OC)cc1)C(C)(C(=O)OC)C(=O)OC. The minimum atomic E-state index is -1.50. The summed E-state index contributed by atoms with van der Waals surface area (Å²) in [6.45, 7) is 5.22. The Labute approximate surface area is 124 Å². The summed E-state index contributed by atoms with van der Waals surface area (Å²) >= 11 is 0. The Morgan fingerprint density at radius 2 is 1.57 bits per heavy atom. The van der Waals surface area contributed by atoms with E-state index >= 15 is 0 Å². The van der Waals surface area contributed by atoms with Crippen molar-refractivity contribution in [2.75, 3.05) is 21.3 Å². The van der Waals surface area contributed by atoms with Crippen LogP contribution in [0.4, 0.5) is 0 Å². The fourth-order valence-corrected chi connectivity index (χ4v) is 2.28. The number of esters is 2. The van der Waals surface area contributed by atoms with Gasteiger partial charge in [0.1, 0.15) is 5.75 Å². The minimum absolute atomic E-state index is 0.580. The molecule has 1 aromatic carbocycles. The summed E-state index contributed by atoms with van der Waals surface area (Å²) in [5.41, 5.74) is -0.760. The van der Waals surface area contributed by atoms with Crippen LogP contribution < -0.4 is 4.74 Å². The number of carbonyl (C=O) groups is 2. The molecular formula is C16H20O5. The summed E-state index contributed by atoms with van der Waals surface area (Å²) in [6.07, 6.45) is 1.54. The number of carbonyl (C=O) groups excluding carboxylic acids is 2. The van der Waals surface area contributed by atoms with Gasteiger partial charge >= 0.3 is 11.9 Å². The number of rotatable bonds is 6. The second-order valence-corrected chi connectivity index (χ2v) is 4.67. The Morgan fingerprint density at radius 3 is 1.90 bits per heavy atom. The molecule has 0 spiro atoms. The maximum Gasteiger partial charge on any atom is 0.323 e. The maximum atomic E-state index is 12.1. The van der Waals surface area contributed by atoms with E-state index in [1.807, 2.05) is 0 Å². The fraction of sp³-hybridized carbons (Fsp3) is 0.375. The zero-order valence-corrected chi connectivity index (χ0v) is 12.7. The lowest BCUT2D eigenvalue weighted by molar-refractivity contribution is -0.168. The van der Waals surface area contributed by atoms with Gasteiger partial charge in [0.25, 0.3) is 0 Å². The van der Waals surface area contributed by atoms with Crippen molar-refractivity contribution < 1.29 is 23.8 Å². The average molecular weight is 292 g/mol. The van der Waals surface area contributed by atoms with Crippen LogP contribution in [0.15, 0.2) is 36.9 Å². The van der Waals surface area contributed by atoms with Gasteiger partial charge in [-0.15, -0.1) is 6.58 Å². The van der Waals surface area contributed by atoms with E-state index in [0.717, 1.165) is 5.56 Å². The lowest BCUT2D eigenvalue weighted by Gasteiger charge is -2.30. The van der Waals surface area contributed by atoms with Crippen LogP contribution in [0, 0.1) is 5.41 Å². The predicted octanol–water partition coefficient (Wildman–Crippen LogP) is 2.32. The molecule has 0 amide bonds. The first kappa shape index (κ1) is 16.8. The highest BCUT2D eigenvalue weighted by molar-refractivity contribution is 6.01. The molecule has 1 aromatic rings. The van der Waals surface area contributed by atoms with Crippen LogP contribution in [0.1, 0.15) is 18.4 Å². The third-order valence-electron chi connectivity index (χ3n) is 3.55. The third-order valence-corrected chi connectivity index (χ3v) is 3.55. The molecule has 5 heteroatoms. The molecule has 1 atom stereocenters. The second-order valence-electron chi connectivity index (χ2n) is 4.67. The molecular weight excluding hydrogens is 272 g/mol. The van der Waals surface area contributed by atoms with Gasteiger partial charge in [-0.1, -0.05) is 18.2 Å². The van der Waals surface area contributed by atoms with Gasteiger partial charge in [0.2, 0.25) is 0 Å². The number of benzene rings is 1. The summed E-state index contributed by atoms with van der Waals surface area (Å²) in [5, 5.41) is 0. The number of allylic oxidation sites excluding steroid dienone is 1. The van der Waals surface area contributed by atoms with E-state index in [-0.39, 0.29) is 0 Å². The van der Waals surface area contributed by atoms with Gasteiger partial charge in [-0.2, -0.15) is 0 Å². The molecule has 0 aliphatic heterocycles. The Bertz CT molecular complexity index is 502. The summed E-state index contributed by atoms with van der Waals surface area (Å²) in [4.78, 5) is 24.3. The van der Waals surface area contributed by atoms with Crippen LogP contribution in [0.3, 0.4) is 0 Å². The van der Waals surface area contributed by atoms with E-state index in [2.05, 4.69) is 6.58 Å². The highest BCUT2D eigenvalue weighted by Crippen LogP contribution is 2.39. The van der Waals surface area contributed by atoms with Gasteiger partial charge < -0.3 is 14.2 Å². The third kappa shape index (κ3) is 3.07. The van der Waals surface area contributed by atoms with E-state index < -0.39 is 23.3 Å². The van der Waals surface area contributed by atoms with Crippen LogP contribution in [0.2, 0.25) is 0 Å². The molecule has 1 unspecified atom stereocenters. The molecule has 5 nitrogen and oxygen atoms in total. The average Bonchev–Trinajstić information content (AvgIpc) is 2.54. The highest BCUT2D eigenvalue weighted by atomic mass is 16.5. The highest BCUT2D eigenvalue weighted by Gasteiger charge is 2.49. The number of hydrogen-bond acceptors (Lipinski definition) is 5. The van der Waals surface area contributed by atoms with Gasteiger partial charge in [-0.3, -0.25) is 9.59 Å². The van der Waals surface area contributed by atoms with E-state index in [9.17, 15) is 9.59 Å². The molecule has 21 heavy (non-hydrogen) atoms. The molecule has 0 saturated heterocycles. The van der Waals surface area contributed by atoms with Crippen LogP contribution in [-0.4, -0.2) is 33.3 Å². The van der Waals surface area contributed by atoms with Crippen molar-refractivity contribution in [1.82, 2.24) is 0 Å². The molecule has 0 aliphatic carbocycles. The second kappa shape index (κ2) is 6.92. The topological polar surface area (TPSA) is 61.8 Å². The molecule has 0 radical (unpaired) electrons. The molecule has 1 rings (SSSR count).